The van der Waals surface area contributed by atoms with E-state index in [2.05, 4.69) is 353 Å². The predicted octanol–water partition coefficient (Wildman–Crippen LogP) is 22.3. The number of hydrogen-bond acceptors (Lipinski definition) is 0. The van der Waals surface area contributed by atoms with Crippen LogP contribution in [0.15, 0.2) is 222 Å². The fraction of sp³-hybridized carbons (Fsp3) is 0.376. The summed E-state index contributed by atoms with van der Waals surface area (Å²) in [7, 11) is -3.46. The highest BCUT2D eigenvalue weighted by atomic mass is 28.3. The summed E-state index contributed by atoms with van der Waals surface area (Å²) in [5.74, 6) is 0.206. The Bertz CT molecular complexity index is 3560. The standard InChI is InChI=1S/C93H112Si/c1-62-63(2)65(4)87(64(62)3)94(84-56-72(47-66-23-35-78(36-24-66)88(5,6)7)53-73(57-84)48-67-25-37-79(38-26-67)89(8,9)10,85-58-74(49-68-27-39-80(40-28-68)90(11,12)13)54-75(59-85)50-69-29-41-81(42-30-69)91(14,15)16)86-60-76(51-70-31-43-82(44-32-70)92(17,18)19)55-77(61-86)52-71-33-45-83(46-34-71)93(20,21)22/h23-46,53-61,64H,47-52H2,1-22H3. The minimum Gasteiger partial charge on any atom is -0.0636 e. The highest BCUT2D eigenvalue weighted by molar-refractivity contribution is 7.16. The second kappa shape index (κ2) is 26.7. The monoisotopic (exact) mass is 1260 g/mol. The first-order valence-corrected chi connectivity index (χ1v) is 37.3. The molecule has 1 aliphatic carbocycles. The Labute approximate surface area is 571 Å². The molecule has 0 nitrogen and oxygen atoms in total. The van der Waals surface area contributed by atoms with E-state index < -0.39 is 8.07 Å². The Balaban J connectivity index is 1.33. The molecule has 0 amide bonds. The minimum absolute atomic E-state index is 0.0610. The molecule has 0 aromatic heterocycles. The molecule has 488 valence electrons. The Morgan fingerprint density at radius 3 is 0.543 bits per heavy atom. The fourth-order valence-corrected chi connectivity index (χ4v) is 20.6. The van der Waals surface area contributed by atoms with Crippen molar-refractivity contribution in [3.05, 3.63) is 322 Å². The molecule has 0 aliphatic heterocycles. The second-order valence-corrected chi connectivity index (χ2v) is 38.4. The highest BCUT2D eigenvalue weighted by Crippen LogP contribution is 2.43. The Hall–Kier alpha value is -7.32. The maximum atomic E-state index is 2.72. The summed E-state index contributed by atoms with van der Waals surface area (Å²) in [6, 6.07) is 81.4. The quantitative estimate of drug-likeness (QED) is 0.0668. The van der Waals surface area contributed by atoms with Gasteiger partial charge in [0.15, 0.2) is 8.07 Å². The third kappa shape index (κ3) is 16.0. The van der Waals surface area contributed by atoms with Crippen LogP contribution in [0.5, 0.6) is 0 Å². The molecular weight excluding hydrogens is 1150 g/mol. The van der Waals surface area contributed by atoms with Crippen LogP contribution >= 0.6 is 0 Å². The average molecular weight is 1260 g/mol. The predicted molar refractivity (Wildman–Crippen MR) is 412 cm³/mol. The summed E-state index contributed by atoms with van der Waals surface area (Å²) >= 11 is 0. The average Bonchev–Trinajstić information content (AvgIpc) is 1.33. The van der Waals surface area contributed by atoms with E-state index in [0.29, 0.717) is 0 Å². The van der Waals surface area contributed by atoms with Gasteiger partial charge in [-0.25, -0.2) is 0 Å². The van der Waals surface area contributed by atoms with E-state index in [1.165, 1.54) is 132 Å². The van der Waals surface area contributed by atoms with Crippen molar-refractivity contribution in [2.45, 2.75) is 223 Å². The van der Waals surface area contributed by atoms with Crippen LogP contribution in [-0.2, 0) is 71.0 Å². The minimum atomic E-state index is -3.46. The summed E-state index contributed by atoms with van der Waals surface area (Å²) in [5.41, 5.74) is 29.2. The lowest BCUT2D eigenvalue weighted by molar-refractivity contribution is 0.589. The summed E-state index contributed by atoms with van der Waals surface area (Å²) in [6.07, 6.45) is 5.02. The van der Waals surface area contributed by atoms with Crippen LogP contribution in [0.25, 0.3) is 0 Å². The first-order valence-electron chi connectivity index (χ1n) is 35.3. The molecule has 0 saturated carbocycles. The van der Waals surface area contributed by atoms with Crippen molar-refractivity contribution in [2.75, 3.05) is 0 Å². The Morgan fingerprint density at radius 1 is 0.234 bits per heavy atom. The lowest BCUT2D eigenvalue weighted by Gasteiger charge is -2.40. The van der Waals surface area contributed by atoms with Crippen LogP contribution in [0.2, 0.25) is 0 Å². The van der Waals surface area contributed by atoms with E-state index in [0.717, 1.165) is 38.5 Å². The van der Waals surface area contributed by atoms with Gasteiger partial charge in [0.05, 0.1) is 0 Å². The van der Waals surface area contributed by atoms with Gasteiger partial charge in [-0.3, -0.25) is 0 Å². The van der Waals surface area contributed by atoms with Crippen molar-refractivity contribution < 1.29 is 0 Å². The number of benzene rings is 9. The highest BCUT2D eigenvalue weighted by Gasteiger charge is 2.49. The fourth-order valence-electron chi connectivity index (χ4n) is 14.6. The molecule has 1 atom stereocenters. The summed E-state index contributed by atoms with van der Waals surface area (Å²) in [6.45, 7) is 51.8. The van der Waals surface area contributed by atoms with Crippen LogP contribution < -0.4 is 15.6 Å². The van der Waals surface area contributed by atoms with Gasteiger partial charge < -0.3 is 0 Å². The zero-order chi connectivity index (χ0) is 68.1. The van der Waals surface area contributed by atoms with Crippen molar-refractivity contribution >= 4 is 23.6 Å². The van der Waals surface area contributed by atoms with Crippen LogP contribution in [0.1, 0.15) is 252 Å². The van der Waals surface area contributed by atoms with E-state index in [-0.39, 0.29) is 38.4 Å². The molecule has 94 heavy (non-hydrogen) atoms. The molecule has 10 rings (SSSR count). The lowest BCUT2D eigenvalue weighted by atomic mass is 9.86. The summed E-state index contributed by atoms with van der Waals surface area (Å²) in [4.78, 5) is 0. The molecule has 0 saturated heterocycles. The Morgan fingerprint density at radius 2 is 0.404 bits per heavy atom. The van der Waals surface area contributed by atoms with E-state index in [1.54, 1.807) is 5.20 Å². The number of hydrogen-bond donors (Lipinski definition) is 0. The van der Waals surface area contributed by atoms with Gasteiger partial charge in [0.1, 0.15) is 0 Å². The van der Waals surface area contributed by atoms with Crippen LogP contribution in [0.4, 0.5) is 0 Å². The van der Waals surface area contributed by atoms with Crippen molar-refractivity contribution in [3.63, 3.8) is 0 Å². The van der Waals surface area contributed by atoms with Crippen molar-refractivity contribution in [3.8, 4) is 0 Å². The zero-order valence-electron chi connectivity index (χ0n) is 61.9. The van der Waals surface area contributed by atoms with E-state index in [4.69, 9.17) is 0 Å². The maximum Gasteiger partial charge on any atom is 0.176 e. The lowest BCUT2D eigenvalue weighted by Crippen LogP contribution is -2.70. The number of allylic oxidation sites excluding steroid dienone is 4. The molecule has 0 fully saturated rings. The van der Waals surface area contributed by atoms with Crippen LogP contribution in [0.3, 0.4) is 0 Å². The molecule has 0 heterocycles. The van der Waals surface area contributed by atoms with E-state index in [1.807, 2.05) is 0 Å². The first-order chi connectivity index (χ1) is 43.9. The van der Waals surface area contributed by atoms with Gasteiger partial charge in [0, 0.05) is 0 Å². The molecule has 0 radical (unpaired) electrons. The van der Waals surface area contributed by atoms with Gasteiger partial charge in [0.2, 0.25) is 0 Å². The van der Waals surface area contributed by atoms with Gasteiger partial charge in [0.25, 0.3) is 0 Å². The maximum absolute atomic E-state index is 3.46. The van der Waals surface area contributed by atoms with Gasteiger partial charge >= 0.3 is 0 Å². The summed E-state index contributed by atoms with van der Waals surface area (Å²) < 4.78 is 0. The van der Waals surface area contributed by atoms with Crippen molar-refractivity contribution in [1.82, 2.24) is 0 Å². The van der Waals surface area contributed by atoms with Gasteiger partial charge in [-0.1, -0.05) is 348 Å². The molecule has 1 aliphatic rings. The van der Waals surface area contributed by atoms with Crippen LogP contribution in [0, 0.1) is 5.92 Å². The molecule has 0 bridgehead atoms. The smallest absolute Gasteiger partial charge is 0.0636 e. The largest absolute Gasteiger partial charge is 0.176 e. The first kappa shape index (κ1) is 69.5. The third-order valence-corrected chi connectivity index (χ3v) is 26.0. The SMILES string of the molecule is CC1=C(C)C(C)C([Si](c2cc(Cc3ccc(C(C)(C)C)cc3)cc(Cc3ccc(C(C)(C)C)cc3)c2)(c2cc(Cc3ccc(C(C)(C)C)cc3)cc(Cc3ccc(C(C)(C)C)cc3)c2)c2cc(Cc3ccc(C(C)(C)C)cc3)cc(Cc3ccc(C(C)(C)C)cc3)c2)=C1C. The molecule has 0 spiro atoms. The molecule has 1 heteroatoms. The molecule has 9 aromatic carbocycles. The van der Waals surface area contributed by atoms with Crippen molar-refractivity contribution in [1.29, 1.82) is 0 Å². The van der Waals surface area contributed by atoms with E-state index >= 15 is 0 Å². The van der Waals surface area contributed by atoms with Crippen molar-refractivity contribution in [2.24, 2.45) is 5.92 Å². The third-order valence-electron chi connectivity index (χ3n) is 20.9. The van der Waals surface area contributed by atoms with Crippen LogP contribution in [-0.4, -0.2) is 8.07 Å². The number of rotatable bonds is 16. The zero-order valence-corrected chi connectivity index (χ0v) is 62.9. The van der Waals surface area contributed by atoms with E-state index in [9.17, 15) is 0 Å². The molecular formula is C93H112Si. The van der Waals surface area contributed by atoms with Gasteiger partial charge in [-0.05, 0) is 219 Å². The van der Waals surface area contributed by atoms with Gasteiger partial charge in [-0.2, -0.15) is 0 Å². The second-order valence-electron chi connectivity index (χ2n) is 34.7. The molecule has 1 unspecified atom stereocenters. The Kier molecular flexibility index (Phi) is 19.7. The summed E-state index contributed by atoms with van der Waals surface area (Å²) in [5, 5.41) is 6.04. The van der Waals surface area contributed by atoms with Gasteiger partial charge in [-0.15, -0.1) is 0 Å². The topological polar surface area (TPSA) is 0 Å². The molecule has 0 N–H and O–H groups in total. The normalized spacial score (nSPS) is 14.6. The molecule has 9 aromatic rings.